The van der Waals surface area contributed by atoms with E-state index in [0.717, 1.165) is 17.7 Å². The summed E-state index contributed by atoms with van der Waals surface area (Å²) in [5, 5.41) is 0. The predicted octanol–water partition coefficient (Wildman–Crippen LogP) is 3.13. The van der Waals surface area contributed by atoms with Gasteiger partial charge >= 0.3 is 0 Å². The zero-order valence-electron chi connectivity index (χ0n) is 8.99. The van der Waals surface area contributed by atoms with E-state index in [1.54, 1.807) is 18.2 Å². The minimum absolute atomic E-state index is 0.260. The first-order valence-corrected chi connectivity index (χ1v) is 5.07. The van der Waals surface area contributed by atoms with Crippen LogP contribution in [0.2, 0.25) is 0 Å². The summed E-state index contributed by atoms with van der Waals surface area (Å²) in [4.78, 5) is 0. The molecule has 0 spiro atoms. The largest absolute Gasteiger partial charge is 0.489 e. The van der Waals surface area contributed by atoms with Gasteiger partial charge < -0.3 is 10.5 Å². The Labute approximate surface area is 97.6 Å². The molecule has 88 valence electrons. The molecule has 4 heteroatoms. The topological polar surface area (TPSA) is 35.2 Å². The molecule has 0 saturated carbocycles. The van der Waals surface area contributed by atoms with Gasteiger partial charge in [0.1, 0.15) is 12.4 Å². The fraction of sp³-hybridized carbons (Fsp3) is 0.0769. The Bertz CT molecular complexity index is 529. The molecule has 0 bridgehead atoms. The standard InChI is InChI=1S/C13H11F2NO/c14-12-5-4-11(7-13(12)15)17-8-9-2-1-3-10(16)6-9/h1-7H,8,16H2. The summed E-state index contributed by atoms with van der Waals surface area (Å²) in [7, 11) is 0. The number of nitrogen functional groups attached to an aromatic ring is 1. The van der Waals surface area contributed by atoms with Gasteiger partial charge in [0.25, 0.3) is 0 Å². The third kappa shape index (κ3) is 2.93. The molecule has 2 N–H and O–H groups in total. The lowest BCUT2D eigenvalue weighted by Crippen LogP contribution is -1.97. The van der Waals surface area contributed by atoms with E-state index in [0.29, 0.717) is 5.69 Å². The SMILES string of the molecule is Nc1cccc(COc2ccc(F)c(F)c2)c1. The fourth-order valence-electron chi connectivity index (χ4n) is 1.42. The van der Waals surface area contributed by atoms with E-state index in [1.807, 2.05) is 6.07 Å². The van der Waals surface area contributed by atoms with Crippen LogP contribution in [0, 0.1) is 11.6 Å². The molecule has 2 rings (SSSR count). The first-order valence-electron chi connectivity index (χ1n) is 5.07. The summed E-state index contributed by atoms with van der Waals surface area (Å²) in [5.41, 5.74) is 7.11. The van der Waals surface area contributed by atoms with Crippen molar-refractivity contribution in [2.75, 3.05) is 5.73 Å². The Morgan fingerprint density at radius 3 is 2.53 bits per heavy atom. The second-order valence-electron chi connectivity index (χ2n) is 3.61. The van der Waals surface area contributed by atoms with E-state index in [9.17, 15) is 8.78 Å². The first-order chi connectivity index (χ1) is 8.15. The Balaban J connectivity index is 2.05. The lowest BCUT2D eigenvalue weighted by atomic mass is 10.2. The highest BCUT2D eigenvalue weighted by Gasteiger charge is 2.03. The highest BCUT2D eigenvalue weighted by molar-refractivity contribution is 5.40. The van der Waals surface area contributed by atoms with Crippen molar-refractivity contribution in [1.29, 1.82) is 0 Å². The number of hydrogen-bond donors (Lipinski definition) is 1. The minimum Gasteiger partial charge on any atom is -0.489 e. The van der Waals surface area contributed by atoms with Gasteiger partial charge in [-0.2, -0.15) is 0 Å². The molecule has 0 radical (unpaired) electrons. The van der Waals surface area contributed by atoms with Crippen molar-refractivity contribution in [2.24, 2.45) is 0 Å². The Kier molecular flexibility index (Phi) is 3.23. The van der Waals surface area contributed by atoms with E-state index in [1.165, 1.54) is 6.07 Å². The van der Waals surface area contributed by atoms with Crippen LogP contribution in [0.25, 0.3) is 0 Å². The van der Waals surface area contributed by atoms with E-state index >= 15 is 0 Å². The number of ether oxygens (including phenoxy) is 1. The normalized spacial score (nSPS) is 10.2. The van der Waals surface area contributed by atoms with Crippen molar-refractivity contribution in [3.63, 3.8) is 0 Å². The average molecular weight is 235 g/mol. The second kappa shape index (κ2) is 4.82. The number of anilines is 1. The van der Waals surface area contributed by atoms with E-state index in [4.69, 9.17) is 10.5 Å². The van der Waals surface area contributed by atoms with E-state index < -0.39 is 11.6 Å². The van der Waals surface area contributed by atoms with E-state index in [2.05, 4.69) is 0 Å². The summed E-state index contributed by atoms with van der Waals surface area (Å²) >= 11 is 0. The quantitative estimate of drug-likeness (QED) is 0.829. The zero-order chi connectivity index (χ0) is 12.3. The predicted molar refractivity (Wildman–Crippen MR) is 61.5 cm³/mol. The lowest BCUT2D eigenvalue weighted by Gasteiger charge is -2.07. The number of hydrogen-bond acceptors (Lipinski definition) is 2. The van der Waals surface area contributed by atoms with Gasteiger partial charge in [-0.1, -0.05) is 12.1 Å². The maximum Gasteiger partial charge on any atom is 0.162 e. The van der Waals surface area contributed by atoms with Crippen LogP contribution in [-0.2, 0) is 6.61 Å². The maximum atomic E-state index is 12.9. The van der Waals surface area contributed by atoms with Gasteiger partial charge in [-0.05, 0) is 29.8 Å². The molecule has 2 nitrogen and oxygen atoms in total. The Morgan fingerprint density at radius 2 is 1.82 bits per heavy atom. The number of rotatable bonds is 3. The molecule has 0 amide bonds. The number of halogens is 2. The van der Waals surface area contributed by atoms with Gasteiger partial charge in [0, 0.05) is 11.8 Å². The van der Waals surface area contributed by atoms with Crippen LogP contribution in [0.5, 0.6) is 5.75 Å². The molecule has 17 heavy (non-hydrogen) atoms. The van der Waals surface area contributed by atoms with Crippen molar-refractivity contribution in [1.82, 2.24) is 0 Å². The van der Waals surface area contributed by atoms with Crippen LogP contribution in [0.1, 0.15) is 5.56 Å². The van der Waals surface area contributed by atoms with Gasteiger partial charge in [-0.15, -0.1) is 0 Å². The Morgan fingerprint density at radius 1 is 1.00 bits per heavy atom. The number of benzene rings is 2. The molecule has 2 aromatic rings. The fourth-order valence-corrected chi connectivity index (χ4v) is 1.42. The molecule has 0 aromatic heterocycles. The van der Waals surface area contributed by atoms with Gasteiger partial charge in [0.15, 0.2) is 11.6 Å². The molecule has 0 unspecified atom stereocenters. The van der Waals surface area contributed by atoms with Crippen LogP contribution in [0.15, 0.2) is 42.5 Å². The summed E-state index contributed by atoms with van der Waals surface area (Å²) in [5.74, 6) is -1.53. The monoisotopic (exact) mass is 235 g/mol. The summed E-state index contributed by atoms with van der Waals surface area (Å²) in [6, 6.07) is 10.6. The third-order valence-electron chi connectivity index (χ3n) is 2.25. The van der Waals surface area contributed by atoms with Crippen LogP contribution in [-0.4, -0.2) is 0 Å². The molecule has 0 aliphatic heterocycles. The van der Waals surface area contributed by atoms with Gasteiger partial charge in [-0.25, -0.2) is 8.78 Å². The van der Waals surface area contributed by atoms with Crippen molar-refractivity contribution in [2.45, 2.75) is 6.61 Å². The van der Waals surface area contributed by atoms with Crippen molar-refractivity contribution in [3.05, 3.63) is 59.7 Å². The highest BCUT2D eigenvalue weighted by atomic mass is 19.2. The Hall–Kier alpha value is -2.10. The van der Waals surface area contributed by atoms with E-state index in [-0.39, 0.29) is 12.4 Å². The van der Waals surface area contributed by atoms with Crippen molar-refractivity contribution in [3.8, 4) is 5.75 Å². The van der Waals surface area contributed by atoms with Crippen LogP contribution in [0.3, 0.4) is 0 Å². The molecule has 2 aromatic carbocycles. The number of nitrogens with two attached hydrogens (primary N) is 1. The molecule has 0 aliphatic carbocycles. The maximum absolute atomic E-state index is 12.9. The molecular formula is C13H11F2NO. The molecule has 0 heterocycles. The van der Waals surface area contributed by atoms with Gasteiger partial charge in [0.2, 0.25) is 0 Å². The van der Waals surface area contributed by atoms with Gasteiger partial charge in [0.05, 0.1) is 0 Å². The van der Waals surface area contributed by atoms with Crippen LogP contribution < -0.4 is 10.5 Å². The first kappa shape index (κ1) is 11.4. The smallest absolute Gasteiger partial charge is 0.162 e. The summed E-state index contributed by atoms with van der Waals surface area (Å²) in [6.45, 7) is 0.260. The van der Waals surface area contributed by atoms with Crippen LogP contribution in [0.4, 0.5) is 14.5 Å². The lowest BCUT2D eigenvalue weighted by molar-refractivity contribution is 0.303. The van der Waals surface area contributed by atoms with Crippen molar-refractivity contribution >= 4 is 5.69 Å². The molecular weight excluding hydrogens is 224 g/mol. The van der Waals surface area contributed by atoms with Crippen molar-refractivity contribution < 1.29 is 13.5 Å². The van der Waals surface area contributed by atoms with Crippen LogP contribution >= 0.6 is 0 Å². The second-order valence-corrected chi connectivity index (χ2v) is 3.61. The summed E-state index contributed by atoms with van der Waals surface area (Å²) < 4.78 is 30.9. The third-order valence-corrected chi connectivity index (χ3v) is 2.25. The molecule has 0 aliphatic rings. The highest BCUT2D eigenvalue weighted by Crippen LogP contribution is 2.17. The summed E-state index contributed by atoms with van der Waals surface area (Å²) in [6.07, 6.45) is 0. The zero-order valence-corrected chi connectivity index (χ0v) is 8.99. The molecule has 0 fully saturated rings. The molecule has 0 saturated heterocycles. The molecule has 0 atom stereocenters. The minimum atomic E-state index is -0.921. The average Bonchev–Trinajstić information content (AvgIpc) is 2.31. The van der Waals surface area contributed by atoms with Gasteiger partial charge in [-0.3, -0.25) is 0 Å².